The lowest BCUT2D eigenvalue weighted by Gasteiger charge is -2.23. The average Bonchev–Trinajstić information content (AvgIpc) is 3.65. The summed E-state index contributed by atoms with van der Waals surface area (Å²) >= 11 is 0. The molecule has 0 aliphatic heterocycles. The molecule has 1 aliphatic rings. The smallest absolute Gasteiger partial charge is 0.409 e. The van der Waals surface area contributed by atoms with Crippen LogP contribution in [0.5, 0.6) is 0 Å². The third-order valence-corrected chi connectivity index (χ3v) is 6.94. The Kier molecular flexibility index (Phi) is 6.55. The third kappa shape index (κ3) is 4.95. The van der Waals surface area contributed by atoms with E-state index in [9.17, 15) is 9.90 Å². The number of hydrogen-bond acceptors (Lipinski definition) is 2. The molecule has 0 unspecified atom stereocenters. The summed E-state index contributed by atoms with van der Waals surface area (Å²) in [6, 6.07) is 16.8. The number of aromatic nitrogens is 1. The van der Waals surface area contributed by atoms with Crippen molar-refractivity contribution in [1.82, 2.24) is 4.98 Å². The van der Waals surface area contributed by atoms with Crippen LogP contribution in [-0.2, 0) is 11.8 Å². The fraction of sp³-hybridized carbons (Fsp3) is 0.379. The summed E-state index contributed by atoms with van der Waals surface area (Å²) in [4.78, 5) is 16.3. The van der Waals surface area contributed by atoms with Gasteiger partial charge in [0.1, 0.15) is 0 Å². The second-order valence-electron chi connectivity index (χ2n) is 9.77. The van der Waals surface area contributed by atoms with E-state index in [2.05, 4.69) is 69.5 Å². The van der Waals surface area contributed by atoms with Crippen molar-refractivity contribution >= 4 is 11.8 Å². The molecule has 1 amide bonds. The van der Waals surface area contributed by atoms with Gasteiger partial charge in [0.2, 0.25) is 0 Å². The number of carboxylic acid groups (broad SMARTS) is 1. The van der Waals surface area contributed by atoms with E-state index >= 15 is 0 Å². The maximum Gasteiger partial charge on any atom is 0.409 e. The molecule has 2 aromatic carbocycles. The van der Waals surface area contributed by atoms with Gasteiger partial charge in [-0.3, -0.25) is 10.3 Å². The largest absolute Gasteiger partial charge is 0.465 e. The zero-order chi connectivity index (χ0) is 23.6. The lowest BCUT2D eigenvalue weighted by Crippen LogP contribution is -2.17. The van der Waals surface area contributed by atoms with Gasteiger partial charge in [-0.05, 0) is 59.9 Å². The second-order valence-corrected chi connectivity index (χ2v) is 9.77. The number of anilines is 1. The van der Waals surface area contributed by atoms with Gasteiger partial charge in [-0.1, -0.05) is 76.6 Å². The van der Waals surface area contributed by atoms with Crippen LogP contribution in [0.15, 0.2) is 54.7 Å². The SMILES string of the molecule is CCCc1cccc(-c2ccc(-c3cnc(C(C)(C)CC)cc3C3CC3)cc2)c1NC(=O)O. The molecule has 4 rings (SSSR count). The number of pyridine rings is 1. The van der Waals surface area contributed by atoms with Gasteiger partial charge in [0.15, 0.2) is 0 Å². The van der Waals surface area contributed by atoms with E-state index in [1.165, 1.54) is 29.7 Å². The topological polar surface area (TPSA) is 62.2 Å². The summed E-state index contributed by atoms with van der Waals surface area (Å²) in [6.07, 6.45) is 6.35. The van der Waals surface area contributed by atoms with Gasteiger partial charge < -0.3 is 5.11 Å². The van der Waals surface area contributed by atoms with Crippen molar-refractivity contribution in [2.45, 2.75) is 71.1 Å². The first-order valence-electron chi connectivity index (χ1n) is 12.1. The molecule has 33 heavy (non-hydrogen) atoms. The van der Waals surface area contributed by atoms with E-state index in [0.29, 0.717) is 11.6 Å². The Hall–Kier alpha value is -3.14. The Morgan fingerprint density at radius 3 is 2.30 bits per heavy atom. The van der Waals surface area contributed by atoms with E-state index in [0.717, 1.165) is 41.5 Å². The summed E-state index contributed by atoms with van der Waals surface area (Å²) in [7, 11) is 0. The van der Waals surface area contributed by atoms with Crippen LogP contribution in [-0.4, -0.2) is 16.2 Å². The molecule has 0 spiro atoms. The van der Waals surface area contributed by atoms with Crippen molar-refractivity contribution in [2.24, 2.45) is 0 Å². The first-order chi connectivity index (χ1) is 15.8. The minimum atomic E-state index is -1.04. The highest BCUT2D eigenvalue weighted by Crippen LogP contribution is 2.45. The van der Waals surface area contributed by atoms with E-state index in [1.807, 2.05) is 18.2 Å². The van der Waals surface area contributed by atoms with Crippen molar-refractivity contribution in [3.05, 3.63) is 71.5 Å². The van der Waals surface area contributed by atoms with Crippen molar-refractivity contribution in [3.8, 4) is 22.3 Å². The monoisotopic (exact) mass is 442 g/mol. The molecule has 4 heteroatoms. The van der Waals surface area contributed by atoms with E-state index in [1.54, 1.807) is 0 Å². The van der Waals surface area contributed by atoms with E-state index in [4.69, 9.17) is 4.98 Å². The standard InChI is InChI=1S/C29H34N2O2/c1-5-8-22-9-7-10-23(27(22)31-28(32)33)19-11-15-21(16-12-19)25-18-30-26(29(3,4)6-2)17-24(25)20-13-14-20/h7,9-12,15-18,20,31H,5-6,8,13-14H2,1-4H3,(H,32,33). The summed E-state index contributed by atoms with van der Waals surface area (Å²) in [5, 5.41) is 12.0. The molecule has 1 aliphatic carbocycles. The lowest BCUT2D eigenvalue weighted by atomic mass is 9.84. The minimum Gasteiger partial charge on any atom is -0.465 e. The molecule has 1 heterocycles. The highest BCUT2D eigenvalue weighted by atomic mass is 16.4. The number of nitrogens with one attached hydrogen (secondary N) is 1. The number of aryl methyl sites for hydroxylation is 1. The third-order valence-electron chi connectivity index (χ3n) is 6.94. The van der Waals surface area contributed by atoms with Gasteiger partial charge >= 0.3 is 6.09 Å². The normalized spacial score (nSPS) is 13.7. The maximum absolute atomic E-state index is 11.5. The van der Waals surface area contributed by atoms with Crippen molar-refractivity contribution < 1.29 is 9.90 Å². The van der Waals surface area contributed by atoms with Gasteiger partial charge in [-0.15, -0.1) is 0 Å². The summed E-state index contributed by atoms with van der Waals surface area (Å²) < 4.78 is 0. The Morgan fingerprint density at radius 1 is 1.06 bits per heavy atom. The van der Waals surface area contributed by atoms with Gasteiger partial charge in [-0.2, -0.15) is 0 Å². The van der Waals surface area contributed by atoms with Crippen LogP contribution in [0.1, 0.15) is 76.1 Å². The predicted molar refractivity (Wildman–Crippen MR) is 136 cm³/mol. The molecule has 0 radical (unpaired) electrons. The molecule has 1 fully saturated rings. The van der Waals surface area contributed by atoms with Crippen molar-refractivity contribution in [3.63, 3.8) is 0 Å². The van der Waals surface area contributed by atoms with Crippen LogP contribution in [0.25, 0.3) is 22.3 Å². The molecule has 172 valence electrons. The Morgan fingerprint density at radius 2 is 1.73 bits per heavy atom. The van der Waals surface area contributed by atoms with Gasteiger partial charge in [-0.25, -0.2) is 4.79 Å². The zero-order valence-electron chi connectivity index (χ0n) is 20.1. The van der Waals surface area contributed by atoms with Gasteiger partial charge in [0.25, 0.3) is 0 Å². The Labute approximate surface area is 197 Å². The molecule has 0 bridgehead atoms. The molecule has 3 aromatic rings. The molecular weight excluding hydrogens is 408 g/mol. The molecule has 1 saturated carbocycles. The summed E-state index contributed by atoms with van der Waals surface area (Å²) in [5.74, 6) is 0.631. The summed E-state index contributed by atoms with van der Waals surface area (Å²) in [5.41, 5.74) is 8.65. The molecule has 2 N–H and O–H groups in total. The van der Waals surface area contributed by atoms with E-state index in [-0.39, 0.29) is 5.41 Å². The quantitative estimate of drug-likeness (QED) is 0.371. The number of nitrogens with zero attached hydrogens (tertiary/aromatic N) is 1. The summed E-state index contributed by atoms with van der Waals surface area (Å²) in [6.45, 7) is 8.84. The van der Waals surface area contributed by atoms with Crippen LogP contribution >= 0.6 is 0 Å². The van der Waals surface area contributed by atoms with Gasteiger partial charge in [0, 0.05) is 28.4 Å². The highest BCUT2D eigenvalue weighted by Gasteiger charge is 2.29. The number of rotatable bonds is 8. The highest BCUT2D eigenvalue weighted by molar-refractivity contribution is 5.92. The fourth-order valence-corrected chi connectivity index (χ4v) is 4.40. The average molecular weight is 443 g/mol. The van der Waals surface area contributed by atoms with Gasteiger partial charge in [0.05, 0.1) is 5.69 Å². The lowest BCUT2D eigenvalue weighted by molar-refractivity contribution is 0.209. The van der Waals surface area contributed by atoms with Crippen molar-refractivity contribution in [1.29, 1.82) is 0 Å². The first kappa shape index (κ1) is 23.0. The van der Waals surface area contributed by atoms with Crippen LogP contribution in [0, 0.1) is 0 Å². The number of amides is 1. The molecular formula is C29H34N2O2. The van der Waals surface area contributed by atoms with Crippen molar-refractivity contribution in [2.75, 3.05) is 5.32 Å². The number of hydrogen-bond donors (Lipinski definition) is 2. The zero-order valence-corrected chi connectivity index (χ0v) is 20.1. The molecule has 0 saturated heterocycles. The first-order valence-corrected chi connectivity index (χ1v) is 12.1. The number of benzene rings is 2. The Bertz CT molecular complexity index is 1140. The second kappa shape index (κ2) is 9.38. The van der Waals surface area contributed by atoms with E-state index < -0.39 is 6.09 Å². The molecule has 1 aromatic heterocycles. The maximum atomic E-state index is 11.5. The number of carbonyl (C=O) groups is 1. The number of para-hydroxylation sites is 1. The van der Waals surface area contributed by atoms with Crippen LogP contribution in [0.3, 0.4) is 0 Å². The predicted octanol–water partition coefficient (Wildman–Crippen LogP) is 8.02. The van der Waals surface area contributed by atoms with Crippen LogP contribution in [0.4, 0.5) is 10.5 Å². The fourth-order valence-electron chi connectivity index (χ4n) is 4.40. The minimum absolute atomic E-state index is 0.0725. The Balaban J connectivity index is 1.72. The molecule has 0 atom stereocenters. The molecule has 4 nitrogen and oxygen atoms in total. The van der Waals surface area contributed by atoms with Crippen LogP contribution in [0.2, 0.25) is 0 Å². The van der Waals surface area contributed by atoms with Crippen LogP contribution < -0.4 is 5.32 Å².